The largest absolute Gasteiger partial charge is 0.364 e. The van der Waals surface area contributed by atoms with Crippen LogP contribution >= 0.6 is 0 Å². The Labute approximate surface area is 90.3 Å². The highest BCUT2D eigenvalue weighted by molar-refractivity contribution is 6.03. The van der Waals surface area contributed by atoms with Crippen LogP contribution < -0.4 is 0 Å². The number of ketones is 1. The van der Waals surface area contributed by atoms with E-state index in [9.17, 15) is 4.79 Å². The van der Waals surface area contributed by atoms with Gasteiger partial charge < -0.3 is 4.74 Å². The van der Waals surface area contributed by atoms with Crippen molar-refractivity contribution in [2.24, 2.45) is 0 Å². The van der Waals surface area contributed by atoms with Gasteiger partial charge in [0.05, 0.1) is 5.60 Å². The molecular weight excluding hydrogens is 188 g/mol. The third-order valence-electron chi connectivity index (χ3n) is 2.48. The standard InChI is InChI=1S/C13H16O2/c1-13(2,3)15-11-8-9-6-4-5-7-10(9)12(11)14/h4-7,11H,8H2,1-3H3. The van der Waals surface area contributed by atoms with E-state index in [1.807, 2.05) is 45.0 Å². The molecule has 0 heterocycles. The molecule has 1 unspecified atom stereocenters. The highest BCUT2D eigenvalue weighted by Crippen LogP contribution is 2.26. The maximum atomic E-state index is 11.9. The Morgan fingerprint density at radius 1 is 1.27 bits per heavy atom. The number of carbonyl (C=O) groups is 1. The van der Waals surface area contributed by atoms with E-state index in [4.69, 9.17) is 4.74 Å². The van der Waals surface area contributed by atoms with Crippen molar-refractivity contribution >= 4 is 5.78 Å². The van der Waals surface area contributed by atoms with E-state index in [1.54, 1.807) is 0 Å². The van der Waals surface area contributed by atoms with Crippen LogP contribution in [0.5, 0.6) is 0 Å². The van der Waals surface area contributed by atoms with Gasteiger partial charge >= 0.3 is 0 Å². The number of fused-ring (bicyclic) bond motifs is 1. The van der Waals surface area contributed by atoms with E-state index >= 15 is 0 Å². The third kappa shape index (κ3) is 2.10. The fraction of sp³-hybridized carbons (Fsp3) is 0.462. The van der Waals surface area contributed by atoms with Crippen LogP contribution in [0.1, 0.15) is 36.7 Å². The summed E-state index contributed by atoms with van der Waals surface area (Å²) in [5.74, 6) is 0.125. The highest BCUT2D eigenvalue weighted by atomic mass is 16.5. The summed E-state index contributed by atoms with van der Waals surface area (Å²) in [6.45, 7) is 5.93. The van der Waals surface area contributed by atoms with Crippen LogP contribution in [0.2, 0.25) is 0 Å². The van der Waals surface area contributed by atoms with E-state index < -0.39 is 0 Å². The molecule has 80 valence electrons. The molecule has 2 rings (SSSR count). The van der Waals surface area contributed by atoms with Gasteiger partial charge in [0.1, 0.15) is 6.10 Å². The van der Waals surface area contributed by atoms with Crippen molar-refractivity contribution in [1.82, 2.24) is 0 Å². The van der Waals surface area contributed by atoms with E-state index in [0.717, 1.165) is 11.1 Å². The zero-order chi connectivity index (χ0) is 11.1. The minimum absolute atomic E-state index is 0.125. The second-order valence-corrected chi connectivity index (χ2v) is 4.94. The first-order valence-corrected chi connectivity index (χ1v) is 5.27. The van der Waals surface area contributed by atoms with Crippen LogP contribution in [0.25, 0.3) is 0 Å². The number of hydrogen-bond donors (Lipinski definition) is 0. The Morgan fingerprint density at radius 2 is 1.93 bits per heavy atom. The first kappa shape index (κ1) is 10.4. The van der Waals surface area contributed by atoms with E-state index in [0.29, 0.717) is 6.42 Å². The molecule has 2 nitrogen and oxygen atoms in total. The number of hydrogen-bond acceptors (Lipinski definition) is 2. The molecule has 0 N–H and O–H groups in total. The second-order valence-electron chi connectivity index (χ2n) is 4.94. The Bertz CT molecular complexity index is 388. The molecular formula is C13H16O2. The minimum atomic E-state index is -0.289. The Hall–Kier alpha value is -1.15. The summed E-state index contributed by atoms with van der Waals surface area (Å²) in [6.07, 6.45) is 0.425. The molecule has 0 radical (unpaired) electrons. The summed E-state index contributed by atoms with van der Waals surface area (Å²) < 4.78 is 5.74. The molecule has 0 amide bonds. The van der Waals surface area contributed by atoms with Gasteiger partial charge in [-0.25, -0.2) is 0 Å². The molecule has 1 aromatic carbocycles. The van der Waals surface area contributed by atoms with Gasteiger partial charge in [-0.15, -0.1) is 0 Å². The average molecular weight is 204 g/mol. The monoisotopic (exact) mass is 204 g/mol. The van der Waals surface area contributed by atoms with Gasteiger partial charge in [0, 0.05) is 12.0 Å². The van der Waals surface area contributed by atoms with Crippen LogP contribution in [-0.4, -0.2) is 17.5 Å². The van der Waals surface area contributed by atoms with Crippen LogP contribution in [-0.2, 0) is 11.2 Å². The maximum absolute atomic E-state index is 11.9. The van der Waals surface area contributed by atoms with E-state index in [2.05, 4.69) is 0 Å². The lowest BCUT2D eigenvalue weighted by Crippen LogP contribution is -2.31. The van der Waals surface area contributed by atoms with Gasteiger partial charge in [-0.3, -0.25) is 4.79 Å². The molecule has 0 aromatic heterocycles. The van der Waals surface area contributed by atoms with E-state index in [-0.39, 0.29) is 17.5 Å². The molecule has 0 spiro atoms. The summed E-state index contributed by atoms with van der Waals surface area (Å²) in [7, 11) is 0. The number of carbonyl (C=O) groups excluding carboxylic acids is 1. The van der Waals surface area contributed by atoms with Crippen LogP contribution in [0.3, 0.4) is 0 Å². The quantitative estimate of drug-likeness (QED) is 0.703. The number of benzene rings is 1. The Kier molecular flexibility index (Phi) is 2.39. The number of rotatable bonds is 1. The molecule has 0 bridgehead atoms. The van der Waals surface area contributed by atoms with Crippen molar-refractivity contribution in [3.8, 4) is 0 Å². The molecule has 0 aliphatic heterocycles. The summed E-state index contributed by atoms with van der Waals surface area (Å²) in [6, 6.07) is 7.74. The van der Waals surface area contributed by atoms with Gasteiger partial charge in [-0.05, 0) is 26.3 Å². The lowest BCUT2D eigenvalue weighted by Gasteiger charge is -2.23. The van der Waals surface area contributed by atoms with Gasteiger partial charge in [-0.1, -0.05) is 24.3 Å². The molecule has 0 saturated heterocycles. The van der Waals surface area contributed by atoms with Crippen molar-refractivity contribution in [1.29, 1.82) is 0 Å². The van der Waals surface area contributed by atoms with Crippen molar-refractivity contribution in [3.63, 3.8) is 0 Å². The number of Topliss-reactive ketones (excluding diaryl/α,β-unsaturated/α-hetero) is 1. The number of ether oxygens (including phenoxy) is 1. The van der Waals surface area contributed by atoms with Crippen LogP contribution in [0, 0.1) is 0 Å². The van der Waals surface area contributed by atoms with Gasteiger partial charge in [0.25, 0.3) is 0 Å². The fourth-order valence-electron chi connectivity index (χ4n) is 1.93. The minimum Gasteiger partial charge on any atom is -0.364 e. The maximum Gasteiger partial charge on any atom is 0.192 e. The predicted molar refractivity (Wildman–Crippen MR) is 59.1 cm³/mol. The molecule has 0 fully saturated rings. The Morgan fingerprint density at radius 3 is 2.53 bits per heavy atom. The summed E-state index contributed by atoms with van der Waals surface area (Å²) in [4.78, 5) is 11.9. The first-order chi connectivity index (χ1) is 6.97. The molecule has 0 saturated carbocycles. The molecule has 1 aliphatic carbocycles. The van der Waals surface area contributed by atoms with Crippen LogP contribution in [0.15, 0.2) is 24.3 Å². The topological polar surface area (TPSA) is 26.3 Å². The van der Waals surface area contributed by atoms with Crippen molar-refractivity contribution in [2.75, 3.05) is 0 Å². The Balaban J connectivity index is 2.21. The van der Waals surface area contributed by atoms with Crippen molar-refractivity contribution in [3.05, 3.63) is 35.4 Å². The molecule has 2 heteroatoms. The molecule has 15 heavy (non-hydrogen) atoms. The molecule has 1 aliphatic rings. The average Bonchev–Trinajstić information content (AvgIpc) is 2.42. The van der Waals surface area contributed by atoms with Crippen LogP contribution in [0.4, 0.5) is 0 Å². The normalized spacial score (nSPS) is 20.5. The van der Waals surface area contributed by atoms with E-state index in [1.165, 1.54) is 0 Å². The summed E-state index contributed by atoms with van der Waals surface area (Å²) in [5, 5.41) is 0. The fourth-order valence-corrected chi connectivity index (χ4v) is 1.93. The third-order valence-corrected chi connectivity index (χ3v) is 2.48. The molecule has 1 aromatic rings. The van der Waals surface area contributed by atoms with Crippen molar-refractivity contribution in [2.45, 2.75) is 38.9 Å². The molecule has 1 atom stereocenters. The summed E-state index contributed by atoms with van der Waals surface area (Å²) in [5.41, 5.74) is 1.67. The SMILES string of the molecule is CC(C)(C)OC1Cc2ccccc2C1=O. The lowest BCUT2D eigenvalue weighted by atomic mass is 10.1. The predicted octanol–water partition coefficient (Wildman–Crippen LogP) is 2.61. The smallest absolute Gasteiger partial charge is 0.192 e. The first-order valence-electron chi connectivity index (χ1n) is 5.27. The lowest BCUT2D eigenvalue weighted by molar-refractivity contribution is -0.0422. The highest BCUT2D eigenvalue weighted by Gasteiger charge is 2.33. The van der Waals surface area contributed by atoms with Gasteiger partial charge in [0.2, 0.25) is 0 Å². The van der Waals surface area contributed by atoms with Gasteiger partial charge in [-0.2, -0.15) is 0 Å². The second kappa shape index (κ2) is 3.46. The van der Waals surface area contributed by atoms with Crippen molar-refractivity contribution < 1.29 is 9.53 Å². The van der Waals surface area contributed by atoms with Gasteiger partial charge in [0.15, 0.2) is 5.78 Å². The summed E-state index contributed by atoms with van der Waals surface area (Å²) >= 11 is 0. The zero-order valence-corrected chi connectivity index (χ0v) is 9.41. The zero-order valence-electron chi connectivity index (χ0n) is 9.41.